The first-order valence-corrected chi connectivity index (χ1v) is 12.2. The number of rotatable bonds is 9. The van der Waals surface area contributed by atoms with E-state index in [1.165, 1.54) is 7.11 Å². The molecule has 0 saturated carbocycles. The van der Waals surface area contributed by atoms with Crippen LogP contribution in [0.2, 0.25) is 0 Å². The minimum Gasteiger partial charge on any atom is -0.464 e. The first kappa shape index (κ1) is 25.7. The van der Waals surface area contributed by atoms with E-state index in [9.17, 15) is 14.7 Å². The van der Waals surface area contributed by atoms with Gasteiger partial charge in [0.2, 0.25) is 0 Å². The number of methoxy groups -OCH3 is 1. The monoisotopic (exact) mass is 494 g/mol. The lowest BCUT2D eigenvalue weighted by molar-refractivity contribution is -0.124. The zero-order valence-corrected chi connectivity index (χ0v) is 21.2. The lowest BCUT2D eigenvalue weighted by Crippen LogP contribution is -2.29. The molecule has 1 aliphatic rings. The van der Waals surface area contributed by atoms with Crippen LogP contribution in [0.15, 0.2) is 42.6 Å². The molecule has 0 spiro atoms. The number of nitrogens with one attached hydrogen (secondary N) is 2. The zero-order valence-electron chi connectivity index (χ0n) is 21.2. The molecule has 4 rings (SSSR count). The molecule has 192 valence electrons. The van der Waals surface area contributed by atoms with E-state index in [4.69, 9.17) is 9.47 Å². The van der Waals surface area contributed by atoms with Crippen molar-refractivity contribution in [1.82, 2.24) is 9.55 Å². The third-order valence-electron chi connectivity index (χ3n) is 6.15. The number of fused-ring (bicyclic) bond motifs is 1. The first-order chi connectivity index (χ1) is 17.2. The summed E-state index contributed by atoms with van der Waals surface area (Å²) >= 11 is 0. The number of hydrogen-bond acceptors (Lipinski definition) is 7. The van der Waals surface area contributed by atoms with E-state index in [0.717, 1.165) is 12.0 Å². The van der Waals surface area contributed by atoms with Crippen LogP contribution in [0.1, 0.15) is 56.1 Å². The number of amides is 1. The smallest absolute Gasteiger partial charge is 0.356 e. The summed E-state index contributed by atoms with van der Waals surface area (Å²) in [5.41, 5.74) is 1.96. The Bertz CT molecular complexity index is 1230. The van der Waals surface area contributed by atoms with Gasteiger partial charge in [0.1, 0.15) is 11.8 Å². The molecular formula is C27H34N4O5. The van der Waals surface area contributed by atoms with E-state index in [1.54, 1.807) is 24.6 Å². The predicted octanol–water partition coefficient (Wildman–Crippen LogP) is 3.95. The second kappa shape index (κ2) is 10.7. The van der Waals surface area contributed by atoms with Gasteiger partial charge in [0.25, 0.3) is 5.91 Å². The Morgan fingerprint density at radius 2 is 2.06 bits per heavy atom. The summed E-state index contributed by atoms with van der Waals surface area (Å²) in [4.78, 5) is 30.8. The van der Waals surface area contributed by atoms with Crippen molar-refractivity contribution in [3.05, 3.63) is 53.9 Å². The Balaban J connectivity index is 1.81. The molecule has 2 unspecified atom stereocenters. The number of anilines is 2. The van der Waals surface area contributed by atoms with Crippen LogP contribution in [-0.4, -0.2) is 58.0 Å². The number of ether oxygens (including phenoxy) is 2. The summed E-state index contributed by atoms with van der Waals surface area (Å²) in [5, 5.41) is 17.1. The highest BCUT2D eigenvalue weighted by atomic mass is 16.5. The number of aliphatic hydroxyl groups is 1. The third-order valence-corrected chi connectivity index (χ3v) is 6.15. The molecule has 9 nitrogen and oxygen atoms in total. The molecular weight excluding hydrogens is 460 g/mol. The molecule has 1 aliphatic heterocycles. The minimum atomic E-state index is -0.832. The van der Waals surface area contributed by atoms with E-state index in [1.807, 2.05) is 43.3 Å². The molecule has 0 radical (unpaired) electrons. The number of esters is 1. The van der Waals surface area contributed by atoms with Gasteiger partial charge in [-0.3, -0.25) is 4.79 Å². The van der Waals surface area contributed by atoms with E-state index in [-0.39, 0.29) is 17.6 Å². The third kappa shape index (κ3) is 5.85. The van der Waals surface area contributed by atoms with Gasteiger partial charge in [-0.1, -0.05) is 30.3 Å². The van der Waals surface area contributed by atoms with Crippen molar-refractivity contribution in [2.24, 2.45) is 0 Å². The van der Waals surface area contributed by atoms with Gasteiger partial charge in [-0.05, 0) is 51.7 Å². The molecule has 3 N–H and O–H groups in total. The summed E-state index contributed by atoms with van der Waals surface area (Å²) in [7, 11) is 1.32. The second-order valence-corrected chi connectivity index (χ2v) is 9.93. The van der Waals surface area contributed by atoms with Crippen LogP contribution >= 0.6 is 0 Å². The van der Waals surface area contributed by atoms with E-state index in [0.29, 0.717) is 48.4 Å². The number of benzene rings is 1. The Labute approximate surface area is 210 Å². The maximum absolute atomic E-state index is 13.0. The van der Waals surface area contributed by atoms with Crippen molar-refractivity contribution in [2.45, 2.75) is 64.3 Å². The summed E-state index contributed by atoms with van der Waals surface area (Å²) in [6.07, 6.45) is 3.09. The fourth-order valence-electron chi connectivity index (χ4n) is 4.73. The number of aromatic nitrogens is 2. The highest BCUT2D eigenvalue weighted by molar-refractivity contribution is 6.12. The Morgan fingerprint density at radius 1 is 1.31 bits per heavy atom. The van der Waals surface area contributed by atoms with Gasteiger partial charge in [0, 0.05) is 24.6 Å². The summed E-state index contributed by atoms with van der Waals surface area (Å²) < 4.78 is 12.5. The predicted molar refractivity (Wildman–Crippen MR) is 138 cm³/mol. The van der Waals surface area contributed by atoms with Crippen LogP contribution in [0.4, 0.5) is 11.4 Å². The summed E-state index contributed by atoms with van der Waals surface area (Å²) in [6, 6.07) is 11.5. The molecule has 1 aromatic carbocycles. The SMILES string of the molecule is COC(=O)c1c(NC(=O)C2CCCO2)c2cc(NC(C)CC(C)(C)O)cnc2n1Cc1ccccc1. The molecule has 1 amide bonds. The molecule has 36 heavy (non-hydrogen) atoms. The van der Waals surface area contributed by atoms with Crippen LogP contribution in [0.5, 0.6) is 0 Å². The van der Waals surface area contributed by atoms with Gasteiger partial charge in [-0.25, -0.2) is 9.78 Å². The van der Waals surface area contributed by atoms with Crippen molar-refractivity contribution in [1.29, 1.82) is 0 Å². The minimum absolute atomic E-state index is 0.0411. The largest absolute Gasteiger partial charge is 0.464 e. The zero-order chi connectivity index (χ0) is 25.9. The average molecular weight is 495 g/mol. The lowest BCUT2D eigenvalue weighted by Gasteiger charge is -2.23. The lowest BCUT2D eigenvalue weighted by atomic mass is 10.0. The fourth-order valence-corrected chi connectivity index (χ4v) is 4.73. The van der Waals surface area contributed by atoms with Gasteiger partial charge in [0.05, 0.1) is 30.3 Å². The van der Waals surface area contributed by atoms with Crippen molar-refractivity contribution in [3.63, 3.8) is 0 Å². The van der Waals surface area contributed by atoms with E-state index in [2.05, 4.69) is 15.6 Å². The summed E-state index contributed by atoms with van der Waals surface area (Å²) in [6.45, 7) is 6.40. The normalized spacial score (nSPS) is 16.6. The number of carbonyl (C=O) groups excluding carboxylic acids is 2. The van der Waals surface area contributed by atoms with Crippen molar-refractivity contribution < 1.29 is 24.2 Å². The molecule has 2 aromatic heterocycles. The average Bonchev–Trinajstić information content (AvgIpc) is 3.46. The fraction of sp³-hybridized carbons (Fsp3) is 0.444. The van der Waals surface area contributed by atoms with Gasteiger partial charge in [0.15, 0.2) is 5.69 Å². The second-order valence-electron chi connectivity index (χ2n) is 9.93. The number of carbonyl (C=O) groups is 2. The molecule has 3 heterocycles. The highest BCUT2D eigenvalue weighted by Gasteiger charge is 2.30. The number of nitrogens with zero attached hydrogens (tertiary/aromatic N) is 2. The topological polar surface area (TPSA) is 115 Å². The van der Waals surface area contributed by atoms with Gasteiger partial charge in [-0.2, -0.15) is 0 Å². The van der Waals surface area contributed by atoms with E-state index < -0.39 is 17.7 Å². The number of hydrogen-bond donors (Lipinski definition) is 3. The highest BCUT2D eigenvalue weighted by Crippen LogP contribution is 2.34. The van der Waals surface area contributed by atoms with Crippen LogP contribution in [0.3, 0.4) is 0 Å². The van der Waals surface area contributed by atoms with Crippen LogP contribution < -0.4 is 10.6 Å². The molecule has 3 aromatic rings. The van der Waals surface area contributed by atoms with Gasteiger partial charge >= 0.3 is 5.97 Å². The van der Waals surface area contributed by atoms with Crippen molar-refractivity contribution in [2.75, 3.05) is 24.4 Å². The standard InChI is InChI=1S/C27H34N4O5/c1-17(14-27(2,3)34)29-19-13-20-22(30-25(32)21-11-8-12-36-21)23(26(33)35-4)31(24(20)28-15-19)16-18-9-6-5-7-10-18/h5-7,9-10,13,15,17,21,29,34H,8,11-12,14,16H2,1-4H3,(H,30,32). The molecule has 1 saturated heterocycles. The summed E-state index contributed by atoms with van der Waals surface area (Å²) in [5.74, 6) is -0.873. The molecule has 0 bridgehead atoms. The van der Waals surface area contributed by atoms with Crippen LogP contribution in [-0.2, 0) is 20.8 Å². The van der Waals surface area contributed by atoms with Crippen molar-refractivity contribution >= 4 is 34.3 Å². The molecule has 0 aliphatic carbocycles. The molecule has 2 atom stereocenters. The van der Waals surface area contributed by atoms with Gasteiger partial charge in [-0.15, -0.1) is 0 Å². The van der Waals surface area contributed by atoms with E-state index >= 15 is 0 Å². The molecule has 1 fully saturated rings. The van der Waals surface area contributed by atoms with Crippen LogP contribution in [0.25, 0.3) is 11.0 Å². The maximum Gasteiger partial charge on any atom is 0.356 e. The molecule has 9 heteroatoms. The van der Waals surface area contributed by atoms with Gasteiger partial charge < -0.3 is 29.8 Å². The Kier molecular flexibility index (Phi) is 7.61. The quantitative estimate of drug-likeness (QED) is 0.386. The van der Waals surface area contributed by atoms with Crippen LogP contribution in [0, 0.1) is 0 Å². The Morgan fingerprint density at radius 3 is 2.69 bits per heavy atom. The first-order valence-electron chi connectivity index (χ1n) is 12.2. The Hall–Kier alpha value is -3.43. The number of pyridine rings is 1. The maximum atomic E-state index is 13.0. The van der Waals surface area contributed by atoms with Crippen molar-refractivity contribution in [3.8, 4) is 0 Å².